The summed E-state index contributed by atoms with van der Waals surface area (Å²) >= 11 is 0. The lowest BCUT2D eigenvalue weighted by molar-refractivity contribution is -0.144. The molecule has 1 heterocycles. The number of carboxylic acids is 1. The maximum absolute atomic E-state index is 12.5. The van der Waals surface area contributed by atoms with Gasteiger partial charge in [0.1, 0.15) is 0 Å². The Morgan fingerprint density at radius 1 is 1.27 bits per heavy atom. The molecule has 1 unspecified atom stereocenters. The van der Waals surface area contributed by atoms with Gasteiger partial charge in [-0.05, 0) is 24.6 Å². The summed E-state index contributed by atoms with van der Waals surface area (Å²) in [4.78, 5) is 23.9. The second-order valence-corrected chi connectivity index (χ2v) is 5.17. The van der Waals surface area contributed by atoms with E-state index in [0.717, 1.165) is 0 Å². The molecule has 7 nitrogen and oxygen atoms in total. The molecule has 2 rings (SSSR count). The van der Waals surface area contributed by atoms with Crippen LogP contribution in [0, 0.1) is 6.92 Å². The van der Waals surface area contributed by atoms with E-state index >= 15 is 0 Å². The number of aliphatic carboxylic acids is 1. The van der Waals surface area contributed by atoms with Crippen LogP contribution in [0.15, 0.2) is 12.1 Å². The van der Waals surface area contributed by atoms with E-state index in [1.54, 1.807) is 13.0 Å². The van der Waals surface area contributed by atoms with Crippen LogP contribution in [0.4, 0.5) is 0 Å². The molecule has 0 radical (unpaired) electrons. The number of amides is 1. The van der Waals surface area contributed by atoms with Crippen LogP contribution in [0.5, 0.6) is 11.5 Å². The standard InChI is InChI=1S/C15H19NO6/c1-9-6-11(20-2)12(21-3)7-10(9)13(17)16-15(14(18)19)4-5-22-8-15/h6-7H,4-5,8H2,1-3H3,(H,16,17)(H,18,19). The Bertz CT molecular complexity index is 592. The van der Waals surface area contributed by atoms with E-state index in [4.69, 9.17) is 14.2 Å². The fraction of sp³-hybridized carbons (Fsp3) is 0.467. The Balaban J connectivity index is 2.31. The van der Waals surface area contributed by atoms with Gasteiger partial charge in [0.25, 0.3) is 5.91 Å². The van der Waals surface area contributed by atoms with Crippen LogP contribution in [0.25, 0.3) is 0 Å². The lowest BCUT2D eigenvalue weighted by Crippen LogP contribution is -2.55. The summed E-state index contributed by atoms with van der Waals surface area (Å²) in [6, 6.07) is 3.21. The molecule has 0 aromatic heterocycles. The second kappa shape index (κ2) is 6.23. The molecule has 1 aromatic rings. The number of rotatable bonds is 5. The zero-order valence-corrected chi connectivity index (χ0v) is 12.8. The molecule has 1 saturated heterocycles. The molecule has 0 saturated carbocycles. The normalized spacial score (nSPS) is 20.5. The van der Waals surface area contributed by atoms with Crippen molar-refractivity contribution in [2.45, 2.75) is 18.9 Å². The molecule has 0 spiro atoms. The minimum atomic E-state index is -1.38. The van der Waals surface area contributed by atoms with Gasteiger partial charge in [-0.1, -0.05) is 0 Å². The van der Waals surface area contributed by atoms with Crippen molar-refractivity contribution < 1.29 is 28.9 Å². The molecular formula is C15H19NO6. The second-order valence-electron chi connectivity index (χ2n) is 5.17. The van der Waals surface area contributed by atoms with Crippen molar-refractivity contribution in [2.75, 3.05) is 27.4 Å². The number of hydrogen-bond acceptors (Lipinski definition) is 5. The van der Waals surface area contributed by atoms with Crippen molar-refractivity contribution in [1.82, 2.24) is 5.32 Å². The minimum absolute atomic E-state index is 0.0413. The zero-order chi connectivity index (χ0) is 16.3. The maximum Gasteiger partial charge on any atom is 0.331 e. The van der Waals surface area contributed by atoms with Crippen molar-refractivity contribution in [3.05, 3.63) is 23.3 Å². The molecule has 0 aliphatic carbocycles. The third-order valence-electron chi connectivity index (χ3n) is 3.76. The molecule has 1 aromatic carbocycles. The molecule has 1 atom stereocenters. The third-order valence-corrected chi connectivity index (χ3v) is 3.76. The van der Waals surface area contributed by atoms with Crippen LogP contribution >= 0.6 is 0 Å². The Morgan fingerprint density at radius 2 is 1.91 bits per heavy atom. The highest BCUT2D eigenvalue weighted by Crippen LogP contribution is 2.30. The van der Waals surface area contributed by atoms with Crippen LogP contribution in [-0.2, 0) is 9.53 Å². The van der Waals surface area contributed by atoms with Gasteiger partial charge in [-0.25, -0.2) is 4.79 Å². The Hall–Kier alpha value is -2.28. The van der Waals surface area contributed by atoms with Crippen molar-refractivity contribution >= 4 is 11.9 Å². The van der Waals surface area contributed by atoms with Crippen LogP contribution in [-0.4, -0.2) is 50.0 Å². The average molecular weight is 309 g/mol. The van der Waals surface area contributed by atoms with E-state index in [9.17, 15) is 14.7 Å². The molecule has 7 heteroatoms. The van der Waals surface area contributed by atoms with Crippen molar-refractivity contribution in [3.63, 3.8) is 0 Å². The first-order chi connectivity index (χ1) is 10.4. The summed E-state index contributed by atoms with van der Waals surface area (Å²) in [5.74, 6) is -0.665. The molecule has 1 amide bonds. The highest BCUT2D eigenvalue weighted by Gasteiger charge is 2.44. The molecule has 0 bridgehead atoms. The molecule has 2 N–H and O–H groups in total. The number of hydrogen-bond donors (Lipinski definition) is 2. The van der Waals surface area contributed by atoms with E-state index in [1.165, 1.54) is 20.3 Å². The fourth-order valence-electron chi connectivity index (χ4n) is 2.40. The van der Waals surface area contributed by atoms with Gasteiger partial charge in [-0.3, -0.25) is 4.79 Å². The number of carbonyl (C=O) groups excluding carboxylic acids is 1. The molecule has 1 aliphatic rings. The predicted molar refractivity (Wildman–Crippen MR) is 77.6 cm³/mol. The van der Waals surface area contributed by atoms with Gasteiger partial charge < -0.3 is 24.6 Å². The van der Waals surface area contributed by atoms with E-state index in [0.29, 0.717) is 29.2 Å². The van der Waals surface area contributed by atoms with Gasteiger partial charge in [-0.2, -0.15) is 0 Å². The smallest absolute Gasteiger partial charge is 0.331 e. The van der Waals surface area contributed by atoms with Gasteiger partial charge in [0.2, 0.25) is 0 Å². The zero-order valence-electron chi connectivity index (χ0n) is 12.8. The number of carboxylic acid groups (broad SMARTS) is 1. The topological polar surface area (TPSA) is 94.1 Å². The fourth-order valence-corrected chi connectivity index (χ4v) is 2.40. The van der Waals surface area contributed by atoms with Crippen molar-refractivity contribution in [3.8, 4) is 11.5 Å². The van der Waals surface area contributed by atoms with Crippen LogP contribution < -0.4 is 14.8 Å². The first-order valence-corrected chi connectivity index (χ1v) is 6.80. The number of benzene rings is 1. The Labute approximate surface area is 128 Å². The number of carbonyl (C=O) groups is 2. The minimum Gasteiger partial charge on any atom is -0.493 e. The summed E-state index contributed by atoms with van der Waals surface area (Å²) in [6.07, 6.45) is 0.237. The monoisotopic (exact) mass is 309 g/mol. The predicted octanol–water partition coefficient (Wildman–Crippen LogP) is 0.986. The lowest BCUT2D eigenvalue weighted by Gasteiger charge is -2.24. The van der Waals surface area contributed by atoms with Crippen molar-refractivity contribution in [2.24, 2.45) is 0 Å². The van der Waals surface area contributed by atoms with Crippen LogP contribution in [0.2, 0.25) is 0 Å². The number of nitrogens with one attached hydrogen (secondary N) is 1. The van der Waals surface area contributed by atoms with Crippen molar-refractivity contribution in [1.29, 1.82) is 0 Å². The number of ether oxygens (including phenoxy) is 3. The SMILES string of the molecule is COc1cc(C)c(C(=O)NC2(C(=O)O)CCOC2)cc1OC. The van der Waals surface area contributed by atoms with Crippen LogP contribution in [0.1, 0.15) is 22.3 Å². The van der Waals surface area contributed by atoms with Crippen LogP contribution in [0.3, 0.4) is 0 Å². The Morgan fingerprint density at radius 3 is 2.41 bits per heavy atom. The summed E-state index contributed by atoms with van der Waals surface area (Å²) in [5, 5.41) is 12.0. The first-order valence-electron chi connectivity index (χ1n) is 6.80. The van der Waals surface area contributed by atoms with Gasteiger partial charge in [0.05, 0.1) is 20.8 Å². The third kappa shape index (κ3) is 2.85. The quantitative estimate of drug-likeness (QED) is 0.842. The molecule has 22 heavy (non-hydrogen) atoms. The summed E-state index contributed by atoms with van der Waals surface area (Å²) in [6.45, 7) is 2.01. The van der Waals surface area contributed by atoms with Gasteiger partial charge >= 0.3 is 5.97 Å². The van der Waals surface area contributed by atoms with Gasteiger partial charge in [0.15, 0.2) is 17.0 Å². The molecular weight excluding hydrogens is 290 g/mol. The van der Waals surface area contributed by atoms with Gasteiger partial charge in [0, 0.05) is 18.6 Å². The average Bonchev–Trinajstić information content (AvgIpc) is 2.96. The summed E-state index contributed by atoms with van der Waals surface area (Å²) in [7, 11) is 2.98. The van der Waals surface area contributed by atoms with E-state index in [-0.39, 0.29) is 13.0 Å². The highest BCUT2D eigenvalue weighted by atomic mass is 16.5. The summed E-state index contributed by atoms with van der Waals surface area (Å²) < 4.78 is 15.5. The van der Waals surface area contributed by atoms with Gasteiger partial charge in [-0.15, -0.1) is 0 Å². The largest absolute Gasteiger partial charge is 0.493 e. The lowest BCUT2D eigenvalue weighted by atomic mass is 9.97. The van der Waals surface area contributed by atoms with E-state index < -0.39 is 17.4 Å². The molecule has 120 valence electrons. The van der Waals surface area contributed by atoms with E-state index in [2.05, 4.69) is 5.32 Å². The van der Waals surface area contributed by atoms with E-state index in [1.807, 2.05) is 0 Å². The Kier molecular flexibility index (Phi) is 4.56. The number of methoxy groups -OCH3 is 2. The molecule has 1 aliphatic heterocycles. The molecule has 1 fully saturated rings. The number of aryl methyl sites for hydroxylation is 1. The maximum atomic E-state index is 12.5. The first kappa shape index (κ1) is 16.1. The highest BCUT2D eigenvalue weighted by molar-refractivity contribution is 5.99. The summed E-state index contributed by atoms with van der Waals surface area (Å²) in [5.41, 5.74) is -0.378.